The van der Waals surface area contributed by atoms with Crippen LogP contribution in [0, 0.1) is 23.1 Å². The zero-order valence-electron chi connectivity index (χ0n) is 22.6. The van der Waals surface area contributed by atoms with Crippen LogP contribution in [0.25, 0.3) is 0 Å². The summed E-state index contributed by atoms with van der Waals surface area (Å²) < 4.78 is 19.8. The molecule has 3 heterocycles. The van der Waals surface area contributed by atoms with E-state index in [1.807, 2.05) is 24.3 Å². The molecule has 2 atom stereocenters. The standard InChI is InChI=1S/C30H33FN4O4/c1-4-33-13-15-34(16-14-33)20(2)22-7-5-21(6-8-22)11-12-30(17-25(36)32-29(30)38)19-35-18-23-9-10-24(39-3)27(31)26(23)28(35)37/h5-10,20H,4,13-19H2,1-3H3,(H,32,36,38)/t20?,30-/m1/s1. The van der Waals surface area contributed by atoms with E-state index in [0.29, 0.717) is 11.1 Å². The van der Waals surface area contributed by atoms with Crippen LogP contribution in [0.4, 0.5) is 4.39 Å². The maximum absolute atomic E-state index is 14.8. The number of rotatable bonds is 6. The van der Waals surface area contributed by atoms with Gasteiger partial charge in [0.15, 0.2) is 11.6 Å². The molecule has 1 N–H and O–H groups in total. The number of imide groups is 1. The van der Waals surface area contributed by atoms with Gasteiger partial charge in [0.1, 0.15) is 5.41 Å². The number of halogens is 1. The first kappa shape index (κ1) is 26.9. The number of hydrogen-bond donors (Lipinski definition) is 1. The number of nitrogens with zero attached hydrogens (tertiary/aromatic N) is 3. The molecule has 2 fully saturated rings. The van der Waals surface area contributed by atoms with E-state index in [0.717, 1.165) is 32.7 Å². The molecular formula is C30H33FN4O4. The quantitative estimate of drug-likeness (QED) is 0.455. The van der Waals surface area contributed by atoms with Crippen LogP contribution in [-0.4, -0.2) is 78.8 Å². The molecule has 0 spiro atoms. The monoisotopic (exact) mass is 532 g/mol. The van der Waals surface area contributed by atoms with Gasteiger partial charge in [0.2, 0.25) is 11.8 Å². The number of carbonyl (C=O) groups is 3. The highest BCUT2D eigenvalue weighted by Gasteiger charge is 2.49. The third-order valence-corrected chi connectivity index (χ3v) is 8.13. The summed E-state index contributed by atoms with van der Waals surface area (Å²) in [4.78, 5) is 44.6. The maximum Gasteiger partial charge on any atom is 0.257 e. The van der Waals surface area contributed by atoms with Crippen molar-refractivity contribution in [3.05, 3.63) is 64.5 Å². The molecule has 0 aromatic heterocycles. The summed E-state index contributed by atoms with van der Waals surface area (Å²) in [6.07, 6.45) is -0.163. The number of benzene rings is 2. The highest BCUT2D eigenvalue weighted by atomic mass is 19.1. The van der Waals surface area contributed by atoms with E-state index in [2.05, 4.69) is 40.8 Å². The van der Waals surface area contributed by atoms with Gasteiger partial charge in [0, 0.05) is 50.9 Å². The van der Waals surface area contributed by atoms with Gasteiger partial charge in [0.25, 0.3) is 5.91 Å². The lowest BCUT2D eigenvalue weighted by Gasteiger charge is -2.37. The van der Waals surface area contributed by atoms with Gasteiger partial charge in [-0.05, 0) is 42.8 Å². The largest absolute Gasteiger partial charge is 0.494 e. The Morgan fingerprint density at radius 1 is 1.08 bits per heavy atom. The SMILES string of the molecule is CCN1CCN(C(C)c2ccc(C#C[C@]3(CN4Cc5ccc(OC)c(F)c5C4=O)CC(=O)NC3=O)cc2)CC1. The van der Waals surface area contributed by atoms with E-state index in [-0.39, 0.29) is 36.9 Å². The highest BCUT2D eigenvalue weighted by molar-refractivity contribution is 6.08. The van der Waals surface area contributed by atoms with Gasteiger partial charge >= 0.3 is 0 Å². The van der Waals surface area contributed by atoms with Crippen molar-refractivity contribution in [2.24, 2.45) is 5.41 Å². The second-order valence-electron chi connectivity index (χ2n) is 10.4. The molecule has 0 bridgehead atoms. The van der Waals surface area contributed by atoms with Crippen molar-refractivity contribution in [2.75, 3.05) is 46.4 Å². The van der Waals surface area contributed by atoms with Gasteiger partial charge in [-0.15, -0.1) is 0 Å². The Labute approximate surface area is 228 Å². The Kier molecular flexibility index (Phi) is 7.43. The van der Waals surface area contributed by atoms with Crippen LogP contribution in [0.1, 0.15) is 53.4 Å². The minimum absolute atomic E-state index is 0.0202. The first-order valence-electron chi connectivity index (χ1n) is 13.3. The van der Waals surface area contributed by atoms with Crippen LogP contribution in [-0.2, 0) is 16.1 Å². The second kappa shape index (κ2) is 10.8. The number of piperazine rings is 1. The number of fused-ring (bicyclic) bond motifs is 1. The fourth-order valence-corrected chi connectivity index (χ4v) is 5.63. The van der Waals surface area contributed by atoms with Crippen LogP contribution in [0.5, 0.6) is 5.75 Å². The van der Waals surface area contributed by atoms with E-state index < -0.39 is 29.0 Å². The number of likely N-dealkylation sites (N-methyl/N-ethyl adjacent to an activating group) is 1. The van der Waals surface area contributed by atoms with E-state index in [9.17, 15) is 18.8 Å². The summed E-state index contributed by atoms with van der Waals surface area (Å²) in [5, 5.41) is 2.33. The third-order valence-electron chi connectivity index (χ3n) is 8.13. The van der Waals surface area contributed by atoms with Crippen LogP contribution in [0.2, 0.25) is 0 Å². The summed E-state index contributed by atoms with van der Waals surface area (Å²) in [6, 6.07) is 11.3. The molecule has 3 aliphatic heterocycles. The van der Waals surface area contributed by atoms with Crippen molar-refractivity contribution in [2.45, 2.75) is 32.9 Å². The Morgan fingerprint density at radius 3 is 2.41 bits per heavy atom. The normalized spacial score (nSPS) is 22.4. The molecule has 3 aliphatic rings. The number of methoxy groups -OCH3 is 1. The third kappa shape index (κ3) is 5.14. The van der Waals surface area contributed by atoms with Gasteiger partial charge in [0.05, 0.1) is 19.1 Å². The van der Waals surface area contributed by atoms with Gasteiger partial charge in [-0.3, -0.25) is 24.6 Å². The van der Waals surface area contributed by atoms with Crippen molar-refractivity contribution < 1.29 is 23.5 Å². The predicted molar refractivity (Wildman–Crippen MR) is 143 cm³/mol. The predicted octanol–water partition coefficient (Wildman–Crippen LogP) is 2.57. The minimum Gasteiger partial charge on any atom is -0.494 e. The van der Waals surface area contributed by atoms with Crippen molar-refractivity contribution >= 4 is 17.7 Å². The van der Waals surface area contributed by atoms with Crippen LogP contribution in [0.15, 0.2) is 36.4 Å². The molecule has 2 aromatic carbocycles. The van der Waals surface area contributed by atoms with Gasteiger partial charge in [-0.25, -0.2) is 4.39 Å². The number of ether oxygens (including phenoxy) is 1. The molecule has 0 saturated carbocycles. The molecule has 3 amide bonds. The number of amides is 3. The van der Waals surface area contributed by atoms with Crippen molar-refractivity contribution in [3.63, 3.8) is 0 Å². The van der Waals surface area contributed by atoms with Crippen LogP contribution in [0.3, 0.4) is 0 Å². The van der Waals surface area contributed by atoms with Crippen molar-refractivity contribution in [1.82, 2.24) is 20.0 Å². The molecule has 2 aromatic rings. The molecule has 39 heavy (non-hydrogen) atoms. The fraction of sp³-hybridized carbons (Fsp3) is 0.433. The van der Waals surface area contributed by atoms with Crippen LogP contribution >= 0.6 is 0 Å². The molecule has 0 aliphatic carbocycles. The molecule has 0 radical (unpaired) electrons. The molecular weight excluding hydrogens is 499 g/mol. The Hall–Kier alpha value is -3.74. The first-order chi connectivity index (χ1) is 18.7. The topological polar surface area (TPSA) is 82.2 Å². The van der Waals surface area contributed by atoms with Crippen molar-refractivity contribution in [3.8, 4) is 17.6 Å². The second-order valence-corrected chi connectivity index (χ2v) is 10.4. The zero-order chi connectivity index (χ0) is 27.7. The highest BCUT2D eigenvalue weighted by Crippen LogP contribution is 2.35. The van der Waals surface area contributed by atoms with E-state index in [1.54, 1.807) is 6.07 Å². The number of hydrogen-bond acceptors (Lipinski definition) is 6. The average Bonchev–Trinajstić information content (AvgIpc) is 3.42. The molecule has 5 rings (SSSR count). The van der Waals surface area contributed by atoms with E-state index >= 15 is 0 Å². The minimum atomic E-state index is -1.42. The fourth-order valence-electron chi connectivity index (χ4n) is 5.63. The molecule has 8 nitrogen and oxygen atoms in total. The summed E-state index contributed by atoms with van der Waals surface area (Å²) in [5.74, 6) is 3.79. The summed E-state index contributed by atoms with van der Waals surface area (Å²) >= 11 is 0. The van der Waals surface area contributed by atoms with E-state index in [1.165, 1.54) is 23.6 Å². The smallest absolute Gasteiger partial charge is 0.257 e. The van der Waals surface area contributed by atoms with Gasteiger partial charge in [-0.1, -0.05) is 37.0 Å². The summed E-state index contributed by atoms with van der Waals surface area (Å²) in [5.41, 5.74) is 0.919. The van der Waals surface area contributed by atoms with Gasteiger partial charge in [-0.2, -0.15) is 0 Å². The molecule has 2 saturated heterocycles. The average molecular weight is 533 g/mol. The van der Waals surface area contributed by atoms with Crippen LogP contribution < -0.4 is 10.1 Å². The molecule has 1 unspecified atom stereocenters. The number of carbonyl (C=O) groups excluding carboxylic acids is 3. The van der Waals surface area contributed by atoms with E-state index in [4.69, 9.17) is 4.74 Å². The lowest BCUT2D eigenvalue weighted by Crippen LogP contribution is -2.46. The zero-order valence-corrected chi connectivity index (χ0v) is 22.6. The summed E-state index contributed by atoms with van der Waals surface area (Å²) in [7, 11) is 1.34. The summed E-state index contributed by atoms with van der Waals surface area (Å²) in [6.45, 7) is 9.66. The molecule has 9 heteroatoms. The molecule has 204 valence electrons. The maximum atomic E-state index is 14.8. The van der Waals surface area contributed by atoms with Crippen molar-refractivity contribution in [1.29, 1.82) is 0 Å². The Balaban J connectivity index is 1.34. The Morgan fingerprint density at radius 2 is 1.79 bits per heavy atom. The lowest BCUT2D eigenvalue weighted by atomic mass is 9.85. The lowest BCUT2D eigenvalue weighted by molar-refractivity contribution is -0.127. The Bertz CT molecular complexity index is 1360. The first-order valence-corrected chi connectivity index (χ1v) is 13.3. The van der Waals surface area contributed by atoms with Gasteiger partial charge < -0.3 is 14.5 Å². The number of nitrogens with one attached hydrogen (secondary N) is 1.